The van der Waals surface area contributed by atoms with Gasteiger partial charge in [0.15, 0.2) is 11.5 Å². The van der Waals surface area contributed by atoms with Crippen molar-refractivity contribution in [2.45, 2.75) is 38.4 Å². The molecular formula is C21H23ClN2O3. The van der Waals surface area contributed by atoms with Gasteiger partial charge in [-0.15, -0.1) is 0 Å². The fourth-order valence-corrected chi connectivity index (χ4v) is 3.90. The van der Waals surface area contributed by atoms with Crippen LogP contribution >= 0.6 is 11.6 Å². The van der Waals surface area contributed by atoms with Crippen molar-refractivity contribution >= 4 is 17.5 Å². The molecule has 4 rings (SSSR count). The molecule has 27 heavy (non-hydrogen) atoms. The molecule has 0 bridgehead atoms. The van der Waals surface area contributed by atoms with Gasteiger partial charge >= 0.3 is 0 Å². The zero-order valence-electron chi connectivity index (χ0n) is 15.1. The fourth-order valence-electron chi connectivity index (χ4n) is 3.68. The molecule has 0 aromatic heterocycles. The van der Waals surface area contributed by atoms with Crippen LogP contribution in [0, 0.1) is 0 Å². The van der Waals surface area contributed by atoms with Gasteiger partial charge in [0.05, 0.1) is 0 Å². The molecule has 0 aliphatic carbocycles. The standard InChI is InChI=1S/C21H23ClN2O3/c22-18-11-20-19(26-14-27-20)10-16(18)12-23-9-8-17-6-7-21(25)24(17)13-15-4-2-1-3-5-15/h1-5,10-11,17,23H,6-9,12-14H2/t17-/m0/s1. The molecule has 6 heteroatoms. The second-order valence-corrected chi connectivity index (χ2v) is 7.37. The van der Waals surface area contributed by atoms with Crippen molar-refractivity contribution in [3.8, 4) is 11.5 Å². The minimum atomic E-state index is 0.246. The van der Waals surface area contributed by atoms with Crippen molar-refractivity contribution in [3.63, 3.8) is 0 Å². The highest BCUT2D eigenvalue weighted by Crippen LogP contribution is 2.36. The maximum absolute atomic E-state index is 12.3. The summed E-state index contributed by atoms with van der Waals surface area (Å²) in [5.74, 6) is 1.69. The molecule has 2 aromatic rings. The molecule has 2 aliphatic rings. The Morgan fingerprint density at radius 2 is 1.93 bits per heavy atom. The molecule has 2 aliphatic heterocycles. The zero-order valence-corrected chi connectivity index (χ0v) is 15.9. The molecule has 0 spiro atoms. The number of amides is 1. The van der Waals surface area contributed by atoms with E-state index in [1.54, 1.807) is 6.07 Å². The average molecular weight is 387 g/mol. The minimum Gasteiger partial charge on any atom is -0.454 e. The van der Waals surface area contributed by atoms with Crippen LogP contribution < -0.4 is 14.8 Å². The topological polar surface area (TPSA) is 50.8 Å². The van der Waals surface area contributed by atoms with Gasteiger partial charge in [0.25, 0.3) is 0 Å². The lowest BCUT2D eigenvalue weighted by Crippen LogP contribution is -2.34. The lowest BCUT2D eigenvalue weighted by atomic mass is 10.1. The summed E-state index contributed by atoms with van der Waals surface area (Å²) in [6.45, 7) is 2.43. The molecule has 1 fully saturated rings. The first-order valence-corrected chi connectivity index (χ1v) is 9.70. The first kappa shape index (κ1) is 18.1. The van der Waals surface area contributed by atoms with Crippen LogP contribution in [-0.4, -0.2) is 30.2 Å². The summed E-state index contributed by atoms with van der Waals surface area (Å²) in [5, 5.41) is 4.12. The molecular weight excluding hydrogens is 364 g/mol. The van der Waals surface area contributed by atoms with Gasteiger partial charge in [-0.2, -0.15) is 0 Å². The Morgan fingerprint density at radius 3 is 2.74 bits per heavy atom. The van der Waals surface area contributed by atoms with Crippen molar-refractivity contribution in [1.82, 2.24) is 10.2 Å². The van der Waals surface area contributed by atoms with Crippen molar-refractivity contribution in [2.75, 3.05) is 13.3 Å². The molecule has 1 saturated heterocycles. The van der Waals surface area contributed by atoms with E-state index < -0.39 is 0 Å². The third-order valence-corrected chi connectivity index (χ3v) is 5.51. The Morgan fingerprint density at radius 1 is 1.15 bits per heavy atom. The SMILES string of the molecule is O=C1CC[C@@H](CCNCc2cc3c(cc2Cl)OCO3)N1Cc1ccccc1. The summed E-state index contributed by atoms with van der Waals surface area (Å²) in [7, 11) is 0. The number of hydrogen-bond acceptors (Lipinski definition) is 4. The molecule has 0 radical (unpaired) electrons. The van der Waals surface area contributed by atoms with Crippen molar-refractivity contribution in [3.05, 3.63) is 58.6 Å². The molecule has 2 aromatic carbocycles. The van der Waals surface area contributed by atoms with Crippen LogP contribution in [0.2, 0.25) is 5.02 Å². The van der Waals surface area contributed by atoms with Gasteiger partial charge in [-0.3, -0.25) is 4.79 Å². The second kappa shape index (κ2) is 8.19. The molecule has 142 valence electrons. The number of nitrogens with zero attached hydrogens (tertiary/aromatic N) is 1. The van der Waals surface area contributed by atoms with E-state index >= 15 is 0 Å². The molecule has 1 N–H and O–H groups in total. The van der Waals surface area contributed by atoms with Crippen molar-refractivity contribution in [1.29, 1.82) is 0 Å². The largest absolute Gasteiger partial charge is 0.454 e. The molecule has 2 heterocycles. The quantitative estimate of drug-likeness (QED) is 0.736. The first-order valence-electron chi connectivity index (χ1n) is 9.33. The van der Waals surface area contributed by atoms with E-state index in [9.17, 15) is 4.79 Å². The maximum Gasteiger partial charge on any atom is 0.231 e. The zero-order chi connectivity index (χ0) is 18.6. The van der Waals surface area contributed by atoms with E-state index in [2.05, 4.69) is 17.4 Å². The maximum atomic E-state index is 12.3. The summed E-state index contributed by atoms with van der Waals surface area (Å²) >= 11 is 6.32. The molecule has 5 nitrogen and oxygen atoms in total. The highest BCUT2D eigenvalue weighted by molar-refractivity contribution is 6.31. The fraction of sp³-hybridized carbons (Fsp3) is 0.381. The Kier molecular flexibility index (Phi) is 5.50. The molecule has 0 saturated carbocycles. The van der Waals surface area contributed by atoms with Gasteiger partial charge in [-0.1, -0.05) is 41.9 Å². The number of benzene rings is 2. The molecule has 0 unspecified atom stereocenters. The van der Waals surface area contributed by atoms with Crippen LogP contribution in [0.1, 0.15) is 30.4 Å². The van der Waals surface area contributed by atoms with Gasteiger partial charge in [-0.05, 0) is 36.6 Å². The Bertz CT molecular complexity index is 813. The second-order valence-electron chi connectivity index (χ2n) is 6.96. The number of carbonyl (C=O) groups excluding carboxylic acids is 1. The summed E-state index contributed by atoms with van der Waals surface area (Å²) in [6.07, 6.45) is 2.50. The number of carbonyl (C=O) groups is 1. The lowest BCUT2D eigenvalue weighted by Gasteiger charge is -2.25. The van der Waals surface area contributed by atoms with Crippen LogP contribution in [0.4, 0.5) is 0 Å². The van der Waals surface area contributed by atoms with Crippen LogP contribution in [-0.2, 0) is 17.9 Å². The average Bonchev–Trinajstić information content (AvgIpc) is 3.26. The van der Waals surface area contributed by atoms with Crippen LogP contribution in [0.15, 0.2) is 42.5 Å². The van der Waals surface area contributed by atoms with E-state index in [4.69, 9.17) is 21.1 Å². The van der Waals surface area contributed by atoms with E-state index in [-0.39, 0.29) is 18.7 Å². The summed E-state index contributed by atoms with van der Waals surface area (Å²) in [5.41, 5.74) is 2.17. The number of nitrogens with one attached hydrogen (secondary N) is 1. The van der Waals surface area contributed by atoms with Crippen LogP contribution in [0.25, 0.3) is 0 Å². The predicted octanol–water partition coefficient (Wildman–Crippen LogP) is 3.74. The number of halogens is 1. The molecule has 1 amide bonds. The number of rotatable bonds is 7. The molecule has 1 atom stereocenters. The lowest BCUT2D eigenvalue weighted by molar-refractivity contribution is -0.129. The van der Waals surface area contributed by atoms with Gasteiger partial charge in [0.2, 0.25) is 12.7 Å². The van der Waals surface area contributed by atoms with E-state index in [0.717, 1.165) is 30.7 Å². The van der Waals surface area contributed by atoms with Crippen LogP contribution in [0.3, 0.4) is 0 Å². The van der Waals surface area contributed by atoms with Crippen molar-refractivity contribution in [2.24, 2.45) is 0 Å². The third kappa shape index (κ3) is 4.20. The number of ether oxygens (including phenoxy) is 2. The van der Waals surface area contributed by atoms with Crippen molar-refractivity contribution < 1.29 is 14.3 Å². The third-order valence-electron chi connectivity index (χ3n) is 5.16. The number of fused-ring (bicyclic) bond motifs is 1. The predicted molar refractivity (Wildman–Crippen MR) is 104 cm³/mol. The highest BCUT2D eigenvalue weighted by Gasteiger charge is 2.30. The highest BCUT2D eigenvalue weighted by atomic mass is 35.5. The van der Waals surface area contributed by atoms with E-state index in [1.165, 1.54) is 5.56 Å². The number of hydrogen-bond donors (Lipinski definition) is 1. The minimum absolute atomic E-state index is 0.246. The smallest absolute Gasteiger partial charge is 0.231 e. The first-order chi connectivity index (χ1) is 13.2. The Labute approximate surface area is 164 Å². The van der Waals surface area contributed by atoms with Gasteiger partial charge in [-0.25, -0.2) is 0 Å². The summed E-state index contributed by atoms with van der Waals surface area (Å²) in [6, 6.07) is 14.2. The summed E-state index contributed by atoms with van der Waals surface area (Å²) in [4.78, 5) is 14.3. The van der Waals surface area contributed by atoms with E-state index in [0.29, 0.717) is 30.3 Å². The van der Waals surface area contributed by atoms with Gasteiger partial charge in [0, 0.05) is 36.6 Å². The number of likely N-dealkylation sites (tertiary alicyclic amines) is 1. The van der Waals surface area contributed by atoms with E-state index in [1.807, 2.05) is 29.2 Å². The summed E-state index contributed by atoms with van der Waals surface area (Å²) < 4.78 is 10.7. The van der Waals surface area contributed by atoms with Crippen LogP contribution in [0.5, 0.6) is 11.5 Å². The van der Waals surface area contributed by atoms with Gasteiger partial charge < -0.3 is 19.7 Å². The Hall–Kier alpha value is -2.24. The Balaban J connectivity index is 1.29. The monoisotopic (exact) mass is 386 g/mol. The normalized spacial score (nSPS) is 18.3. The van der Waals surface area contributed by atoms with Gasteiger partial charge in [0.1, 0.15) is 0 Å².